The van der Waals surface area contributed by atoms with Crippen molar-refractivity contribution in [2.45, 2.75) is 31.0 Å². The van der Waals surface area contributed by atoms with E-state index in [1.165, 1.54) is 4.90 Å². The molecular formula is C11H13F3N4O2. The van der Waals surface area contributed by atoms with E-state index in [1.807, 2.05) is 6.20 Å². The first-order chi connectivity index (χ1) is 9.42. The van der Waals surface area contributed by atoms with Crippen LogP contribution in [0.3, 0.4) is 0 Å². The summed E-state index contributed by atoms with van der Waals surface area (Å²) in [6.07, 6.45) is -1.34. The fourth-order valence-corrected chi connectivity index (χ4v) is 2.04. The quantitative estimate of drug-likeness (QED) is 0.850. The molecule has 1 aromatic heterocycles. The van der Waals surface area contributed by atoms with Crippen molar-refractivity contribution in [3.63, 3.8) is 0 Å². The van der Waals surface area contributed by atoms with E-state index in [-0.39, 0.29) is 6.04 Å². The van der Waals surface area contributed by atoms with Crippen LogP contribution in [0.2, 0.25) is 0 Å². The number of alkyl halides is 3. The van der Waals surface area contributed by atoms with Crippen molar-refractivity contribution >= 4 is 6.09 Å². The van der Waals surface area contributed by atoms with Crippen molar-refractivity contribution in [2.75, 3.05) is 19.7 Å². The zero-order valence-corrected chi connectivity index (χ0v) is 10.5. The molecule has 0 unspecified atom stereocenters. The number of halogens is 3. The number of amides is 1. The smallest absolute Gasteiger partial charge is 0.422 e. The Hall–Kier alpha value is -1.80. The molecule has 0 radical (unpaired) electrons. The van der Waals surface area contributed by atoms with Crippen molar-refractivity contribution in [1.29, 1.82) is 0 Å². The van der Waals surface area contributed by atoms with Gasteiger partial charge in [-0.3, -0.25) is 0 Å². The summed E-state index contributed by atoms with van der Waals surface area (Å²) >= 11 is 0. The largest absolute Gasteiger partial charge is 0.440 e. The Kier molecular flexibility index (Phi) is 3.06. The van der Waals surface area contributed by atoms with Gasteiger partial charge in [-0.15, -0.1) is 5.10 Å². The van der Waals surface area contributed by atoms with Gasteiger partial charge < -0.3 is 9.64 Å². The molecule has 110 valence electrons. The highest BCUT2D eigenvalue weighted by atomic mass is 19.4. The standard InChI is InChI=1S/C11H13F3N4O2/c12-11(13,14)6-20-10(19)17-3-8(4-17)18-5-9(15-16-18)7-1-2-7/h5,7-8H,1-4,6H2. The van der Waals surface area contributed by atoms with Crippen LogP contribution in [-0.4, -0.2) is 51.9 Å². The second-order valence-electron chi connectivity index (χ2n) is 5.13. The number of carbonyl (C=O) groups excluding carboxylic acids is 1. The first kappa shape index (κ1) is 13.2. The highest BCUT2D eigenvalue weighted by molar-refractivity contribution is 5.68. The minimum atomic E-state index is -4.50. The summed E-state index contributed by atoms with van der Waals surface area (Å²) in [5, 5.41) is 8.04. The van der Waals surface area contributed by atoms with Crippen LogP contribution in [-0.2, 0) is 4.74 Å². The molecule has 2 fully saturated rings. The zero-order chi connectivity index (χ0) is 14.3. The Morgan fingerprint density at radius 2 is 2.10 bits per heavy atom. The van der Waals surface area contributed by atoms with Crippen LogP contribution in [0.5, 0.6) is 0 Å². The van der Waals surface area contributed by atoms with Gasteiger partial charge in [0.2, 0.25) is 0 Å². The molecule has 0 aromatic carbocycles. The highest BCUT2D eigenvalue weighted by Crippen LogP contribution is 2.39. The molecule has 0 N–H and O–H groups in total. The summed E-state index contributed by atoms with van der Waals surface area (Å²) in [5.41, 5.74) is 0.947. The van der Waals surface area contributed by atoms with Crippen molar-refractivity contribution in [3.05, 3.63) is 11.9 Å². The van der Waals surface area contributed by atoms with Crippen molar-refractivity contribution in [3.8, 4) is 0 Å². The van der Waals surface area contributed by atoms with E-state index in [4.69, 9.17) is 0 Å². The maximum atomic E-state index is 11.9. The minimum Gasteiger partial charge on any atom is -0.440 e. The van der Waals surface area contributed by atoms with Crippen LogP contribution in [0.1, 0.15) is 30.5 Å². The Labute approximate surface area is 112 Å². The van der Waals surface area contributed by atoms with Crippen molar-refractivity contribution in [2.24, 2.45) is 0 Å². The Balaban J connectivity index is 1.46. The molecule has 1 aromatic rings. The molecule has 1 aliphatic carbocycles. The molecule has 6 nitrogen and oxygen atoms in total. The number of hydrogen-bond donors (Lipinski definition) is 0. The Bertz CT molecular complexity index is 506. The summed E-state index contributed by atoms with van der Waals surface area (Å²) in [6, 6.07) is -0.0339. The second kappa shape index (κ2) is 4.64. The predicted molar refractivity (Wildman–Crippen MR) is 60.0 cm³/mol. The monoisotopic (exact) mass is 290 g/mol. The molecule has 3 rings (SSSR count). The van der Waals surface area contributed by atoms with Gasteiger partial charge in [-0.05, 0) is 12.8 Å². The molecule has 20 heavy (non-hydrogen) atoms. The van der Waals surface area contributed by atoms with Gasteiger partial charge in [-0.2, -0.15) is 13.2 Å². The maximum Gasteiger partial charge on any atom is 0.422 e. The van der Waals surface area contributed by atoms with Crippen LogP contribution in [0.25, 0.3) is 0 Å². The third-order valence-corrected chi connectivity index (χ3v) is 3.38. The van der Waals surface area contributed by atoms with Crippen molar-refractivity contribution in [1.82, 2.24) is 19.9 Å². The van der Waals surface area contributed by atoms with Gasteiger partial charge in [0.1, 0.15) is 0 Å². The van der Waals surface area contributed by atoms with Crippen LogP contribution in [0.15, 0.2) is 6.20 Å². The normalized spacial score (nSPS) is 19.9. The lowest BCUT2D eigenvalue weighted by Gasteiger charge is -2.37. The highest BCUT2D eigenvalue weighted by Gasteiger charge is 2.37. The first-order valence-electron chi connectivity index (χ1n) is 6.32. The summed E-state index contributed by atoms with van der Waals surface area (Å²) < 4.78 is 41.6. The van der Waals surface area contributed by atoms with Crippen LogP contribution < -0.4 is 0 Å². The predicted octanol–water partition coefficient (Wildman–Crippen LogP) is 1.71. The number of hydrogen-bond acceptors (Lipinski definition) is 4. The summed E-state index contributed by atoms with van der Waals surface area (Å²) in [4.78, 5) is 12.5. The molecule has 1 aliphatic heterocycles. The number of aromatic nitrogens is 3. The molecule has 2 aliphatic rings. The molecule has 0 spiro atoms. The number of ether oxygens (including phenoxy) is 1. The van der Waals surface area contributed by atoms with Gasteiger partial charge in [0.05, 0.1) is 11.7 Å². The van der Waals surface area contributed by atoms with E-state index in [9.17, 15) is 18.0 Å². The Morgan fingerprint density at radius 3 is 2.70 bits per heavy atom. The molecule has 9 heteroatoms. The Morgan fingerprint density at radius 1 is 1.40 bits per heavy atom. The minimum absolute atomic E-state index is 0.0339. The molecule has 0 bridgehead atoms. The third-order valence-electron chi connectivity index (χ3n) is 3.38. The second-order valence-corrected chi connectivity index (χ2v) is 5.13. The molecule has 0 atom stereocenters. The topological polar surface area (TPSA) is 60.2 Å². The number of carbonyl (C=O) groups is 1. The van der Waals surface area contributed by atoms with Crippen molar-refractivity contribution < 1.29 is 22.7 Å². The van der Waals surface area contributed by atoms with E-state index in [1.54, 1.807) is 4.68 Å². The molecule has 1 amide bonds. The fourth-order valence-electron chi connectivity index (χ4n) is 2.04. The molecular weight excluding hydrogens is 277 g/mol. The lowest BCUT2D eigenvalue weighted by atomic mass is 10.1. The number of nitrogens with zero attached hydrogens (tertiary/aromatic N) is 4. The first-order valence-corrected chi connectivity index (χ1v) is 6.32. The lowest BCUT2D eigenvalue weighted by molar-refractivity contribution is -0.163. The SMILES string of the molecule is O=C(OCC(F)(F)F)N1CC(n2cc(C3CC3)nn2)C1. The maximum absolute atomic E-state index is 11.9. The van der Waals surface area contributed by atoms with Gasteiger partial charge in [0.15, 0.2) is 6.61 Å². The summed E-state index contributed by atoms with van der Waals surface area (Å²) in [5.74, 6) is 0.497. The molecule has 1 saturated heterocycles. The third kappa shape index (κ3) is 2.86. The zero-order valence-electron chi connectivity index (χ0n) is 10.5. The van der Waals surface area contributed by atoms with Gasteiger partial charge in [-0.25, -0.2) is 9.48 Å². The van der Waals surface area contributed by atoms with Gasteiger partial charge >= 0.3 is 12.3 Å². The van der Waals surface area contributed by atoms with Gasteiger partial charge in [0.25, 0.3) is 0 Å². The van der Waals surface area contributed by atoms with E-state index in [0.29, 0.717) is 19.0 Å². The number of likely N-dealkylation sites (tertiary alicyclic amines) is 1. The van der Waals surface area contributed by atoms with Crippen LogP contribution in [0.4, 0.5) is 18.0 Å². The average molecular weight is 290 g/mol. The lowest BCUT2D eigenvalue weighted by Crippen LogP contribution is -2.51. The van der Waals surface area contributed by atoms with Crippen LogP contribution >= 0.6 is 0 Å². The van der Waals surface area contributed by atoms with Gasteiger partial charge in [0, 0.05) is 25.2 Å². The fraction of sp³-hybridized carbons (Fsp3) is 0.727. The van der Waals surface area contributed by atoms with Gasteiger partial charge in [-0.1, -0.05) is 5.21 Å². The summed E-state index contributed by atoms with van der Waals surface area (Å²) in [7, 11) is 0. The molecule has 1 saturated carbocycles. The van der Waals surface area contributed by atoms with E-state index in [0.717, 1.165) is 18.5 Å². The molecule has 2 heterocycles. The number of rotatable bonds is 3. The summed E-state index contributed by atoms with van der Waals surface area (Å²) in [6.45, 7) is -0.962. The average Bonchev–Trinajstić information content (AvgIpc) is 3.04. The van der Waals surface area contributed by atoms with E-state index in [2.05, 4.69) is 15.0 Å². The van der Waals surface area contributed by atoms with E-state index < -0.39 is 18.9 Å². The van der Waals surface area contributed by atoms with Crippen LogP contribution in [0, 0.1) is 0 Å². The van der Waals surface area contributed by atoms with E-state index >= 15 is 0 Å².